The zero-order valence-electron chi connectivity index (χ0n) is 15.5. The Hall–Kier alpha value is -1.32. The van der Waals surface area contributed by atoms with Gasteiger partial charge in [0.2, 0.25) is 0 Å². The van der Waals surface area contributed by atoms with Gasteiger partial charge in [-0.2, -0.15) is 0 Å². The molecule has 0 radical (unpaired) electrons. The molecular formula is C21H32O2Si. The van der Waals surface area contributed by atoms with Crippen molar-refractivity contribution in [1.29, 1.82) is 0 Å². The van der Waals surface area contributed by atoms with Crippen LogP contribution in [0.2, 0.25) is 13.1 Å². The van der Waals surface area contributed by atoms with E-state index in [9.17, 15) is 0 Å². The van der Waals surface area contributed by atoms with E-state index in [-0.39, 0.29) is 0 Å². The van der Waals surface area contributed by atoms with Crippen LogP contribution >= 0.6 is 0 Å². The summed E-state index contributed by atoms with van der Waals surface area (Å²) < 4.78 is 12.4. The molecule has 0 heterocycles. The number of hydrogen-bond donors (Lipinski definition) is 0. The van der Waals surface area contributed by atoms with E-state index in [1.54, 1.807) is 0 Å². The lowest BCUT2D eigenvalue weighted by atomic mass is 10.1. The van der Waals surface area contributed by atoms with E-state index in [1.165, 1.54) is 49.3 Å². The maximum absolute atomic E-state index is 6.29. The van der Waals surface area contributed by atoms with E-state index in [2.05, 4.69) is 56.4 Å². The van der Waals surface area contributed by atoms with Crippen LogP contribution in [0.25, 0.3) is 10.8 Å². The minimum atomic E-state index is -2.14. The quantitative estimate of drug-likeness (QED) is 0.334. The Morgan fingerprint density at radius 1 is 0.792 bits per heavy atom. The van der Waals surface area contributed by atoms with Crippen LogP contribution in [0, 0.1) is 0 Å². The van der Waals surface area contributed by atoms with Gasteiger partial charge in [0.1, 0.15) is 5.75 Å². The molecule has 2 aromatic rings. The van der Waals surface area contributed by atoms with Gasteiger partial charge in [-0.25, -0.2) is 0 Å². The second kappa shape index (κ2) is 9.85. The molecule has 0 bridgehead atoms. The van der Waals surface area contributed by atoms with Gasteiger partial charge in [0.25, 0.3) is 0 Å². The summed E-state index contributed by atoms with van der Waals surface area (Å²) in [5.74, 6) is 0.948. The molecule has 0 amide bonds. The molecule has 0 spiro atoms. The minimum absolute atomic E-state index is 0.817. The van der Waals surface area contributed by atoms with Crippen LogP contribution in [0.15, 0.2) is 42.5 Å². The average molecular weight is 345 g/mol. The lowest BCUT2D eigenvalue weighted by Crippen LogP contribution is -2.38. The van der Waals surface area contributed by atoms with Gasteiger partial charge in [-0.05, 0) is 31.0 Å². The molecule has 2 nitrogen and oxygen atoms in total. The number of benzene rings is 2. The second-order valence-corrected chi connectivity index (χ2v) is 10.2. The predicted molar refractivity (Wildman–Crippen MR) is 106 cm³/mol. The Labute approximate surface area is 148 Å². The first-order valence-electron chi connectivity index (χ1n) is 9.43. The van der Waals surface area contributed by atoms with Crippen LogP contribution in [0.1, 0.15) is 51.9 Å². The monoisotopic (exact) mass is 344 g/mol. The van der Waals surface area contributed by atoms with Crippen molar-refractivity contribution in [3.8, 4) is 5.75 Å². The Morgan fingerprint density at radius 3 is 2.25 bits per heavy atom. The first-order valence-corrected chi connectivity index (χ1v) is 12.2. The van der Waals surface area contributed by atoms with Crippen molar-refractivity contribution in [1.82, 2.24) is 0 Å². The van der Waals surface area contributed by atoms with Crippen LogP contribution in [0.3, 0.4) is 0 Å². The van der Waals surface area contributed by atoms with Gasteiger partial charge < -0.3 is 8.85 Å². The van der Waals surface area contributed by atoms with E-state index in [4.69, 9.17) is 8.85 Å². The van der Waals surface area contributed by atoms with Crippen molar-refractivity contribution in [2.24, 2.45) is 0 Å². The molecule has 132 valence electrons. The first-order chi connectivity index (χ1) is 11.6. The van der Waals surface area contributed by atoms with Crippen molar-refractivity contribution in [3.05, 3.63) is 42.5 Å². The maximum atomic E-state index is 6.29. The van der Waals surface area contributed by atoms with Gasteiger partial charge in [0, 0.05) is 12.0 Å². The lowest BCUT2D eigenvalue weighted by Gasteiger charge is -2.24. The lowest BCUT2D eigenvalue weighted by molar-refractivity contribution is 0.241. The molecule has 0 aliphatic rings. The van der Waals surface area contributed by atoms with E-state index in [1.807, 2.05) is 6.07 Å². The zero-order chi connectivity index (χ0) is 17.3. The molecule has 0 aromatic heterocycles. The van der Waals surface area contributed by atoms with E-state index >= 15 is 0 Å². The largest absolute Gasteiger partial charge is 0.520 e. The van der Waals surface area contributed by atoms with Crippen LogP contribution < -0.4 is 4.43 Å². The molecule has 0 saturated heterocycles. The topological polar surface area (TPSA) is 18.5 Å². The zero-order valence-corrected chi connectivity index (χ0v) is 16.5. The van der Waals surface area contributed by atoms with E-state index in [0.29, 0.717) is 0 Å². The van der Waals surface area contributed by atoms with E-state index < -0.39 is 8.56 Å². The third-order valence-corrected chi connectivity index (χ3v) is 5.91. The Kier molecular flexibility index (Phi) is 7.80. The smallest absolute Gasteiger partial charge is 0.392 e. The van der Waals surface area contributed by atoms with Gasteiger partial charge in [-0.15, -0.1) is 0 Å². The molecule has 3 heteroatoms. The molecular weight excluding hydrogens is 312 g/mol. The minimum Gasteiger partial charge on any atom is -0.520 e. The van der Waals surface area contributed by atoms with Gasteiger partial charge in [-0.1, -0.05) is 81.8 Å². The highest BCUT2D eigenvalue weighted by molar-refractivity contribution is 6.65. The maximum Gasteiger partial charge on any atom is 0.392 e. The summed E-state index contributed by atoms with van der Waals surface area (Å²) >= 11 is 0. The number of fused-ring (bicyclic) bond motifs is 1. The number of hydrogen-bond acceptors (Lipinski definition) is 2. The summed E-state index contributed by atoms with van der Waals surface area (Å²) in [6, 6.07) is 14.6. The normalized spacial score (nSPS) is 11.8. The van der Waals surface area contributed by atoms with Crippen molar-refractivity contribution in [3.63, 3.8) is 0 Å². The van der Waals surface area contributed by atoms with E-state index in [0.717, 1.165) is 18.8 Å². The SMILES string of the molecule is CCCCCCCCCO[Si](C)(C)Oc1cccc2ccccc12. The number of rotatable bonds is 11. The van der Waals surface area contributed by atoms with Gasteiger partial charge in [0.05, 0.1) is 0 Å². The molecule has 0 fully saturated rings. The van der Waals surface area contributed by atoms with Gasteiger partial charge in [-0.3, -0.25) is 0 Å². The van der Waals surface area contributed by atoms with Crippen LogP contribution in [0.5, 0.6) is 5.75 Å². The van der Waals surface area contributed by atoms with Crippen molar-refractivity contribution in [2.75, 3.05) is 6.61 Å². The Balaban J connectivity index is 1.76. The average Bonchev–Trinajstić information content (AvgIpc) is 2.57. The fourth-order valence-electron chi connectivity index (χ4n) is 2.96. The second-order valence-electron chi connectivity index (χ2n) is 6.95. The summed E-state index contributed by atoms with van der Waals surface area (Å²) in [6.07, 6.45) is 9.16. The Bertz CT molecular complexity index is 604. The fraction of sp³-hybridized carbons (Fsp3) is 0.524. The fourth-order valence-corrected chi connectivity index (χ4v) is 4.36. The summed E-state index contributed by atoms with van der Waals surface area (Å²) in [5.41, 5.74) is 0. The molecule has 0 N–H and O–H groups in total. The van der Waals surface area contributed by atoms with Gasteiger partial charge >= 0.3 is 8.56 Å². The van der Waals surface area contributed by atoms with Crippen molar-refractivity contribution in [2.45, 2.75) is 65.0 Å². The molecule has 0 saturated carbocycles. The highest BCUT2D eigenvalue weighted by Crippen LogP contribution is 2.27. The molecule has 0 atom stereocenters. The highest BCUT2D eigenvalue weighted by atomic mass is 28.4. The molecule has 0 aliphatic heterocycles. The standard InChI is InChI=1S/C21H32O2Si/c1-4-5-6-7-8-9-12-18-22-24(2,3)23-21-17-13-15-19-14-10-11-16-20(19)21/h10-11,13-17H,4-9,12,18H2,1-3H3. The summed E-state index contributed by atoms with van der Waals surface area (Å²) in [7, 11) is -2.14. The summed E-state index contributed by atoms with van der Waals surface area (Å²) in [6.45, 7) is 7.35. The van der Waals surface area contributed by atoms with Crippen molar-refractivity contribution >= 4 is 19.3 Å². The van der Waals surface area contributed by atoms with Crippen LogP contribution in [0.4, 0.5) is 0 Å². The molecule has 24 heavy (non-hydrogen) atoms. The van der Waals surface area contributed by atoms with Gasteiger partial charge in [0.15, 0.2) is 0 Å². The molecule has 2 rings (SSSR count). The summed E-state index contributed by atoms with van der Waals surface area (Å²) in [5, 5.41) is 2.38. The highest BCUT2D eigenvalue weighted by Gasteiger charge is 2.27. The molecule has 0 unspecified atom stereocenters. The predicted octanol–water partition coefficient (Wildman–Crippen LogP) is 6.69. The first kappa shape index (κ1) is 19.0. The summed E-state index contributed by atoms with van der Waals surface area (Å²) in [4.78, 5) is 0. The van der Waals surface area contributed by atoms with Crippen LogP contribution in [-0.4, -0.2) is 15.2 Å². The van der Waals surface area contributed by atoms with Crippen LogP contribution in [-0.2, 0) is 4.43 Å². The third-order valence-electron chi connectivity index (χ3n) is 4.30. The Morgan fingerprint density at radius 2 is 1.46 bits per heavy atom. The third kappa shape index (κ3) is 6.29. The van der Waals surface area contributed by atoms with Crippen molar-refractivity contribution < 1.29 is 8.85 Å². The number of unbranched alkanes of at least 4 members (excludes halogenated alkanes) is 6. The molecule has 2 aromatic carbocycles. The molecule has 0 aliphatic carbocycles.